The lowest BCUT2D eigenvalue weighted by molar-refractivity contribution is -0.136. The second-order valence-electron chi connectivity index (χ2n) is 5.73. The maximum absolute atomic E-state index is 12.3. The highest BCUT2D eigenvalue weighted by molar-refractivity contribution is 5.78. The summed E-state index contributed by atoms with van der Waals surface area (Å²) >= 11 is 0. The third-order valence-electron chi connectivity index (χ3n) is 4.35. The summed E-state index contributed by atoms with van der Waals surface area (Å²) in [5.74, 6) is 0.826. The summed E-state index contributed by atoms with van der Waals surface area (Å²) in [7, 11) is 0. The fraction of sp³-hybridized carbons (Fsp3) is 0.588. The van der Waals surface area contributed by atoms with Crippen molar-refractivity contribution in [1.82, 2.24) is 9.80 Å². The highest BCUT2D eigenvalue weighted by Crippen LogP contribution is 2.21. The predicted octanol–water partition coefficient (Wildman–Crippen LogP) is 2.47. The van der Waals surface area contributed by atoms with E-state index < -0.39 is 0 Å². The van der Waals surface area contributed by atoms with Crippen LogP contribution in [0.25, 0.3) is 0 Å². The van der Waals surface area contributed by atoms with E-state index in [9.17, 15) is 9.90 Å². The second-order valence-corrected chi connectivity index (χ2v) is 5.73. The number of benzene rings is 1. The monoisotopic (exact) mass is 290 g/mol. The van der Waals surface area contributed by atoms with Crippen LogP contribution in [0, 0.1) is 5.92 Å². The fourth-order valence-corrected chi connectivity index (χ4v) is 2.99. The van der Waals surface area contributed by atoms with E-state index in [0.717, 1.165) is 45.6 Å². The summed E-state index contributed by atoms with van der Waals surface area (Å²) in [4.78, 5) is 16.7. The number of amides is 1. The van der Waals surface area contributed by atoms with Crippen LogP contribution in [0.2, 0.25) is 0 Å². The summed E-state index contributed by atoms with van der Waals surface area (Å²) < 4.78 is 0. The van der Waals surface area contributed by atoms with Crippen molar-refractivity contribution in [3.05, 3.63) is 29.8 Å². The van der Waals surface area contributed by atoms with Crippen molar-refractivity contribution >= 4 is 5.91 Å². The molecule has 21 heavy (non-hydrogen) atoms. The maximum atomic E-state index is 12.3. The van der Waals surface area contributed by atoms with Gasteiger partial charge in [0.05, 0.1) is 0 Å². The van der Waals surface area contributed by atoms with E-state index in [-0.39, 0.29) is 5.92 Å². The molecule has 0 aliphatic carbocycles. The number of likely N-dealkylation sites (tertiary alicyclic amines) is 1. The zero-order chi connectivity index (χ0) is 15.2. The molecular weight excluding hydrogens is 264 g/mol. The van der Waals surface area contributed by atoms with E-state index >= 15 is 0 Å². The molecule has 1 aliphatic rings. The molecule has 1 aromatic carbocycles. The predicted molar refractivity (Wildman–Crippen MR) is 84.0 cm³/mol. The van der Waals surface area contributed by atoms with Crippen molar-refractivity contribution in [2.24, 2.45) is 5.92 Å². The number of nitrogens with zero attached hydrogens (tertiary/aromatic N) is 2. The summed E-state index contributed by atoms with van der Waals surface area (Å²) in [5.41, 5.74) is 1.21. The van der Waals surface area contributed by atoms with Gasteiger partial charge in [-0.3, -0.25) is 9.69 Å². The van der Waals surface area contributed by atoms with Crippen molar-refractivity contribution < 1.29 is 9.90 Å². The molecule has 0 spiro atoms. The zero-order valence-electron chi connectivity index (χ0n) is 13.1. The van der Waals surface area contributed by atoms with E-state index in [2.05, 4.69) is 4.90 Å². The third kappa shape index (κ3) is 4.21. The Morgan fingerprint density at radius 2 is 1.76 bits per heavy atom. The molecule has 1 amide bonds. The molecule has 0 atom stereocenters. The Morgan fingerprint density at radius 3 is 2.29 bits per heavy atom. The minimum Gasteiger partial charge on any atom is -0.508 e. The molecule has 0 bridgehead atoms. The number of hydrogen-bond donors (Lipinski definition) is 1. The molecule has 1 fully saturated rings. The van der Waals surface area contributed by atoms with Gasteiger partial charge >= 0.3 is 0 Å². The van der Waals surface area contributed by atoms with E-state index in [4.69, 9.17) is 0 Å². The lowest BCUT2D eigenvalue weighted by Crippen LogP contribution is -2.42. The fourth-order valence-electron chi connectivity index (χ4n) is 2.99. The molecule has 1 heterocycles. The van der Waals surface area contributed by atoms with Crippen molar-refractivity contribution in [2.45, 2.75) is 33.2 Å². The van der Waals surface area contributed by atoms with Crippen LogP contribution in [0.5, 0.6) is 5.75 Å². The number of carbonyl (C=O) groups is 1. The molecule has 2 rings (SSSR count). The normalized spacial score (nSPS) is 16.9. The lowest BCUT2D eigenvalue weighted by atomic mass is 9.95. The van der Waals surface area contributed by atoms with Crippen LogP contribution >= 0.6 is 0 Å². The van der Waals surface area contributed by atoms with Crippen LogP contribution in [0.15, 0.2) is 24.3 Å². The number of aromatic hydroxyl groups is 1. The number of rotatable bonds is 5. The van der Waals surface area contributed by atoms with Gasteiger partial charge in [-0.2, -0.15) is 0 Å². The number of phenolic OH excluding ortho intramolecular Hbond substituents is 1. The number of hydrogen-bond acceptors (Lipinski definition) is 3. The first-order valence-corrected chi connectivity index (χ1v) is 7.93. The van der Waals surface area contributed by atoms with Gasteiger partial charge in [-0.15, -0.1) is 0 Å². The average molecular weight is 290 g/mol. The van der Waals surface area contributed by atoms with Crippen LogP contribution in [-0.2, 0) is 11.3 Å². The van der Waals surface area contributed by atoms with Gasteiger partial charge in [0.2, 0.25) is 5.91 Å². The van der Waals surface area contributed by atoms with E-state index in [0.29, 0.717) is 11.7 Å². The Morgan fingerprint density at radius 1 is 1.19 bits per heavy atom. The van der Waals surface area contributed by atoms with Gasteiger partial charge < -0.3 is 10.0 Å². The Bertz CT molecular complexity index is 446. The second kappa shape index (κ2) is 7.46. The van der Waals surface area contributed by atoms with Crippen LogP contribution in [0.1, 0.15) is 32.3 Å². The Balaban J connectivity index is 1.83. The molecule has 1 saturated heterocycles. The average Bonchev–Trinajstić information content (AvgIpc) is 2.51. The SMILES string of the molecule is CCN(CC)C(=O)C1CCN(Cc2ccc(O)cc2)CC1. The molecule has 4 heteroatoms. The van der Waals surface area contributed by atoms with Gasteiger partial charge in [-0.1, -0.05) is 12.1 Å². The molecular formula is C17H26N2O2. The lowest BCUT2D eigenvalue weighted by Gasteiger charge is -2.33. The molecule has 0 unspecified atom stereocenters. The first-order valence-electron chi connectivity index (χ1n) is 7.93. The molecule has 0 radical (unpaired) electrons. The van der Waals surface area contributed by atoms with E-state index in [1.54, 1.807) is 12.1 Å². The number of piperidine rings is 1. The maximum Gasteiger partial charge on any atom is 0.225 e. The van der Waals surface area contributed by atoms with Gasteiger partial charge in [0.1, 0.15) is 5.75 Å². The Hall–Kier alpha value is -1.55. The quantitative estimate of drug-likeness (QED) is 0.906. The summed E-state index contributed by atoms with van der Waals surface area (Å²) in [6, 6.07) is 7.38. The van der Waals surface area contributed by atoms with Crippen LogP contribution in [-0.4, -0.2) is 47.0 Å². The van der Waals surface area contributed by atoms with Crippen LogP contribution < -0.4 is 0 Å². The van der Waals surface area contributed by atoms with Crippen molar-refractivity contribution in [3.63, 3.8) is 0 Å². The standard InChI is InChI=1S/C17H26N2O2/c1-3-19(4-2)17(21)15-9-11-18(12-10-15)13-14-5-7-16(20)8-6-14/h5-8,15,20H,3-4,9-13H2,1-2H3. The minimum absolute atomic E-state index is 0.195. The molecule has 4 nitrogen and oxygen atoms in total. The summed E-state index contributed by atoms with van der Waals surface area (Å²) in [5, 5.41) is 9.30. The molecule has 116 valence electrons. The minimum atomic E-state index is 0.195. The molecule has 1 N–H and O–H groups in total. The Labute approximate surface area is 127 Å². The van der Waals surface area contributed by atoms with E-state index in [1.807, 2.05) is 30.9 Å². The number of carbonyl (C=O) groups excluding carboxylic acids is 1. The topological polar surface area (TPSA) is 43.8 Å². The van der Waals surface area contributed by atoms with Crippen molar-refractivity contribution in [2.75, 3.05) is 26.2 Å². The zero-order valence-corrected chi connectivity index (χ0v) is 13.1. The largest absolute Gasteiger partial charge is 0.508 e. The third-order valence-corrected chi connectivity index (χ3v) is 4.35. The van der Waals surface area contributed by atoms with Crippen LogP contribution in [0.3, 0.4) is 0 Å². The van der Waals surface area contributed by atoms with Gasteiger partial charge in [0, 0.05) is 25.6 Å². The first-order chi connectivity index (χ1) is 10.1. The molecule has 0 saturated carbocycles. The van der Waals surface area contributed by atoms with Crippen molar-refractivity contribution in [1.29, 1.82) is 0 Å². The van der Waals surface area contributed by atoms with Crippen molar-refractivity contribution in [3.8, 4) is 5.75 Å². The van der Waals surface area contributed by atoms with Gasteiger partial charge in [0.15, 0.2) is 0 Å². The van der Waals surface area contributed by atoms with Gasteiger partial charge in [0.25, 0.3) is 0 Å². The molecule has 0 aromatic heterocycles. The summed E-state index contributed by atoms with van der Waals surface area (Å²) in [6.45, 7) is 8.54. The molecule has 1 aliphatic heterocycles. The smallest absolute Gasteiger partial charge is 0.225 e. The highest BCUT2D eigenvalue weighted by atomic mass is 16.3. The van der Waals surface area contributed by atoms with Gasteiger partial charge in [-0.25, -0.2) is 0 Å². The Kier molecular flexibility index (Phi) is 5.62. The highest BCUT2D eigenvalue weighted by Gasteiger charge is 2.27. The molecule has 1 aromatic rings. The number of phenols is 1. The van der Waals surface area contributed by atoms with Gasteiger partial charge in [-0.05, 0) is 57.5 Å². The van der Waals surface area contributed by atoms with Crippen LogP contribution in [0.4, 0.5) is 0 Å². The first kappa shape index (κ1) is 15.8. The summed E-state index contributed by atoms with van der Waals surface area (Å²) in [6.07, 6.45) is 1.90. The van der Waals surface area contributed by atoms with E-state index in [1.165, 1.54) is 5.56 Å².